The van der Waals surface area contributed by atoms with Crippen LogP contribution in [0.2, 0.25) is 0 Å². The van der Waals surface area contributed by atoms with Crippen molar-refractivity contribution in [1.82, 2.24) is 0 Å². The van der Waals surface area contributed by atoms with Crippen LogP contribution < -0.4 is 9.80 Å². The fraction of sp³-hybridized carbons (Fsp3) is 0.0357. The van der Waals surface area contributed by atoms with Crippen LogP contribution in [-0.2, 0) is 0 Å². The smallest absolute Gasteiger partial charge is 0.160 e. The van der Waals surface area contributed by atoms with Gasteiger partial charge in [-0.05, 0) is 117 Å². The Labute approximate surface area is 342 Å². The fourth-order valence-corrected chi connectivity index (χ4v) is 9.76. The van der Waals surface area contributed by atoms with Crippen molar-refractivity contribution < 1.29 is 4.42 Å². The van der Waals surface area contributed by atoms with E-state index in [0.717, 1.165) is 45.3 Å². The number of hydrogen-bond acceptors (Lipinski definition) is 3. The first-order chi connectivity index (χ1) is 29.1. The maximum absolute atomic E-state index is 6.86. The summed E-state index contributed by atoms with van der Waals surface area (Å²) in [4.78, 5) is 4.87. The minimum absolute atomic E-state index is 0.898. The summed E-state index contributed by atoms with van der Waals surface area (Å²) >= 11 is 0. The molecule has 278 valence electrons. The molecule has 0 amide bonds. The summed E-state index contributed by atoms with van der Waals surface area (Å²) in [5, 5.41) is 12.2. The van der Waals surface area contributed by atoms with E-state index in [2.05, 4.69) is 218 Å². The predicted octanol–water partition coefficient (Wildman–Crippen LogP) is 16.3. The summed E-state index contributed by atoms with van der Waals surface area (Å²) in [5.41, 5.74) is 13.3. The van der Waals surface area contributed by atoms with Crippen molar-refractivity contribution in [3.05, 3.63) is 205 Å². The minimum Gasteiger partial charge on any atom is -0.454 e. The molecule has 0 spiro atoms. The van der Waals surface area contributed by atoms with Crippen LogP contribution >= 0.6 is 0 Å². The van der Waals surface area contributed by atoms with E-state index >= 15 is 0 Å². The van der Waals surface area contributed by atoms with Crippen LogP contribution in [0.5, 0.6) is 0 Å². The highest BCUT2D eigenvalue weighted by Gasteiger charge is 2.27. The second-order valence-electron chi connectivity index (χ2n) is 15.8. The molecule has 0 aliphatic carbocycles. The maximum atomic E-state index is 6.86. The van der Waals surface area contributed by atoms with Crippen molar-refractivity contribution in [3.63, 3.8) is 0 Å². The SMILES string of the molecule is Cc1cc(N(c2ccccc2)c2ccccc2-c2ccccc2)c2ccc3c(C)cc(N(c4ccccc4)c4ccc5ccc6cccc7oc4c5c67)c4ccc1c2c34. The van der Waals surface area contributed by atoms with Crippen LogP contribution in [0.4, 0.5) is 34.1 Å². The zero-order chi connectivity index (χ0) is 39.2. The van der Waals surface area contributed by atoms with Gasteiger partial charge in [0.25, 0.3) is 0 Å². The third-order valence-electron chi connectivity index (χ3n) is 12.4. The van der Waals surface area contributed by atoms with Gasteiger partial charge in [-0.25, -0.2) is 0 Å². The Morgan fingerprint density at radius 2 is 0.864 bits per heavy atom. The topological polar surface area (TPSA) is 19.6 Å². The average molecular weight is 755 g/mol. The van der Waals surface area contributed by atoms with Crippen LogP contribution in [0.3, 0.4) is 0 Å². The Balaban J connectivity index is 1.16. The molecule has 1 heterocycles. The van der Waals surface area contributed by atoms with E-state index in [1.165, 1.54) is 76.1 Å². The largest absolute Gasteiger partial charge is 0.454 e. The number of anilines is 6. The van der Waals surface area contributed by atoms with Gasteiger partial charge in [-0.15, -0.1) is 0 Å². The first kappa shape index (κ1) is 33.5. The molecule has 0 saturated carbocycles. The molecule has 3 heteroatoms. The molecular formula is C56H38N2O. The molecule has 0 aliphatic heterocycles. The lowest BCUT2D eigenvalue weighted by atomic mass is 9.88. The first-order valence-corrected chi connectivity index (χ1v) is 20.4. The Morgan fingerprint density at radius 3 is 1.49 bits per heavy atom. The van der Waals surface area contributed by atoms with Crippen molar-refractivity contribution in [2.75, 3.05) is 9.80 Å². The summed E-state index contributed by atoms with van der Waals surface area (Å²) in [6.45, 7) is 4.52. The molecule has 0 atom stereocenters. The zero-order valence-electron chi connectivity index (χ0n) is 32.8. The second-order valence-corrected chi connectivity index (χ2v) is 15.8. The van der Waals surface area contributed by atoms with Crippen LogP contribution in [-0.4, -0.2) is 0 Å². The molecule has 12 rings (SSSR count). The number of nitrogens with zero attached hydrogens (tertiary/aromatic N) is 2. The van der Waals surface area contributed by atoms with E-state index in [0.29, 0.717) is 0 Å². The third-order valence-corrected chi connectivity index (χ3v) is 12.4. The molecule has 0 N–H and O–H groups in total. The summed E-state index contributed by atoms with van der Waals surface area (Å²) in [6, 6.07) is 70.5. The standard InChI is InChI=1S/C56H38N2O/c1-35-33-49(57(40-18-8-4-9-19-40)47-23-13-12-22-44(47)37-15-6-3-7-16-37)45-30-28-43-36(2)34-50(46-31-29-42(35)54(45)55(43)46)58(41-20-10-5-11-21-41)48-32-27-39-26-25-38-17-14-24-51-52(38)53(39)56(48)59-51/h3-34H,1-2H3. The average Bonchev–Trinajstić information content (AvgIpc) is 3.69. The van der Waals surface area contributed by atoms with E-state index in [9.17, 15) is 0 Å². The predicted molar refractivity (Wildman–Crippen MR) is 250 cm³/mol. The van der Waals surface area contributed by atoms with E-state index in [4.69, 9.17) is 4.42 Å². The fourth-order valence-electron chi connectivity index (χ4n) is 9.76. The van der Waals surface area contributed by atoms with Gasteiger partial charge in [-0.2, -0.15) is 0 Å². The number of benzene rings is 11. The van der Waals surface area contributed by atoms with Crippen LogP contribution in [0.15, 0.2) is 199 Å². The highest BCUT2D eigenvalue weighted by atomic mass is 16.3. The molecule has 0 unspecified atom stereocenters. The molecule has 0 aliphatic rings. The molecule has 1 aromatic heterocycles. The van der Waals surface area contributed by atoms with Crippen LogP contribution in [0, 0.1) is 13.8 Å². The van der Waals surface area contributed by atoms with Gasteiger partial charge in [-0.1, -0.05) is 140 Å². The molecular weight excluding hydrogens is 717 g/mol. The molecule has 12 aromatic rings. The Bertz CT molecular complexity index is 3520. The third kappa shape index (κ3) is 5.01. The normalized spacial score (nSPS) is 11.9. The van der Waals surface area contributed by atoms with Crippen LogP contribution in [0.1, 0.15) is 11.1 Å². The number of para-hydroxylation sites is 3. The monoisotopic (exact) mass is 754 g/mol. The second kappa shape index (κ2) is 13.0. The van der Waals surface area contributed by atoms with E-state index in [-0.39, 0.29) is 0 Å². The molecule has 0 saturated heterocycles. The van der Waals surface area contributed by atoms with Gasteiger partial charge in [-0.3, -0.25) is 0 Å². The summed E-state index contributed by atoms with van der Waals surface area (Å²) in [6.07, 6.45) is 0. The minimum atomic E-state index is 0.898. The molecule has 0 radical (unpaired) electrons. The van der Waals surface area contributed by atoms with Crippen molar-refractivity contribution >= 4 is 99.2 Å². The van der Waals surface area contributed by atoms with E-state index < -0.39 is 0 Å². The van der Waals surface area contributed by atoms with Crippen molar-refractivity contribution in [1.29, 1.82) is 0 Å². The number of furan rings is 1. The Kier molecular flexibility index (Phi) is 7.36. The molecule has 3 nitrogen and oxygen atoms in total. The number of hydrogen-bond donors (Lipinski definition) is 0. The quantitative estimate of drug-likeness (QED) is 0.151. The molecule has 59 heavy (non-hydrogen) atoms. The highest BCUT2D eigenvalue weighted by molar-refractivity contribution is 6.30. The van der Waals surface area contributed by atoms with Crippen molar-refractivity contribution in [2.45, 2.75) is 13.8 Å². The van der Waals surface area contributed by atoms with Gasteiger partial charge in [0.15, 0.2) is 5.58 Å². The summed E-state index contributed by atoms with van der Waals surface area (Å²) in [7, 11) is 0. The van der Waals surface area contributed by atoms with E-state index in [1.807, 2.05) is 0 Å². The van der Waals surface area contributed by atoms with Gasteiger partial charge in [0.2, 0.25) is 0 Å². The molecule has 11 aromatic carbocycles. The van der Waals surface area contributed by atoms with Gasteiger partial charge < -0.3 is 14.2 Å². The van der Waals surface area contributed by atoms with Gasteiger partial charge >= 0.3 is 0 Å². The number of aryl methyl sites for hydroxylation is 2. The summed E-state index contributed by atoms with van der Waals surface area (Å²) in [5.74, 6) is 0. The number of rotatable bonds is 7. The van der Waals surface area contributed by atoms with Crippen LogP contribution in [0.25, 0.3) is 76.2 Å². The molecule has 0 fully saturated rings. The van der Waals surface area contributed by atoms with Crippen molar-refractivity contribution in [3.8, 4) is 11.1 Å². The lowest BCUT2D eigenvalue weighted by Gasteiger charge is -2.31. The lowest BCUT2D eigenvalue weighted by Crippen LogP contribution is -2.13. The maximum Gasteiger partial charge on any atom is 0.160 e. The Hall–Kier alpha value is -7.62. The summed E-state index contributed by atoms with van der Waals surface area (Å²) < 4.78 is 6.86. The van der Waals surface area contributed by atoms with E-state index in [1.54, 1.807) is 0 Å². The first-order valence-electron chi connectivity index (χ1n) is 20.4. The Morgan fingerprint density at radius 1 is 0.356 bits per heavy atom. The lowest BCUT2D eigenvalue weighted by molar-refractivity contribution is 0.669. The highest BCUT2D eigenvalue weighted by Crippen LogP contribution is 2.52. The zero-order valence-corrected chi connectivity index (χ0v) is 32.8. The van der Waals surface area contributed by atoms with Gasteiger partial charge in [0.1, 0.15) is 5.58 Å². The van der Waals surface area contributed by atoms with Crippen molar-refractivity contribution in [2.24, 2.45) is 0 Å². The molecule has 0 bridgehead atoms. The van der Waals surface area contributed by atoms with Gasteiger partial charge in [0.05, 0.1) is 22.7 Å². The van der Waals surface area contributed by atoms with Gasteiger partial charge in [0, 0.05) is 38.5 Å².